The molecule has 2 aromatic rings. The van der Waals surface area contributed by atoms with Gasteiger partial charge in [-0.25, -0.2) is 0 Å². The lowest BCUT2D eigenvalue weighted by atomic mass is 9.95. The van der Waals surface area contributed by atoms with E-state index in [0.717, 1.165) is 5.56 Å². The lowest BCUT2D eigenvalue weighted by molar-refractivity contribution is -0.134. The van der Waals surface area contributed by atoms with E-state index in [1.807, 2.05) is 41.3 Å². The fourth-order valence-corrected chi connectivity index (χ4v) is 4.33. The number of nitrogens with two attached hydrogens (primary N) is 1. The molecule has 0 radical (unpaired) electrons. The molecule has 2 N–H and O–H groups in total. The Hall–Kier alpha value is -2.37. The molecule has 0 saturated carbocycles. The van der Waals surface area contributed by atoms with Crippen molar-refractivity contribution in [3.63, 3.8) is 0 Å². The van der Waals surface area contributed by atoms with Crippen LogP contribution in [0.4, 0.5) is 5.69 Å². The van der Waals surface area contributed by atoms with E-state index in [0.29, 0.717) is 30.3 Å². The van der Waals surface area contributed by atoms with Gasteiger partial charge in [0.15, 0.2) is 0 Å². The number of benzene rings is 2. The fraction of sp³-hybridized carbons (Fsp3) is 0.333. The molecule has 4 rings (SSSR count). The van der Waals surface area contributed by atoms with Gasteiger partial charge in [-0.3, -0.25) is 9.59 Å². The number of hydrogen-bond acceptors (Lipinski definition) is 3. The van der Waals surface area contributed by atoms with Gasteiger partial charge in [-0.1, -0.05) is 54.1 Å². The Balaban J connectivity index is 1.46. The lowest BCUT2D eigenvalue weighted by Crippen LogP contribution is -2.37. The van der Waals surface area contributed by atoms with Crippen molar-refractivity contribution in [1.29, 1.82) is 0 Å². The average Bonchev–Trinajstić information content (AvgIpc) is 3.25. The molecule has 1 unspecified atom stereocenters. The van der Waals surface area contributed by atoms with Gasteiger partial charge in [0, 0.05) is 38.0 Å². The highest BCUT2D eigenvalue weighted by molar-refractivity contribution is 6.33. The average molecular weight is 384 g/mol. The summed E-state index contributed by atoms with van der Waals surface area (Å²) >= 11 is 6.22. The number of carbonyl (C=O) groups is 2. The first-order chi connectivity index (χ1) is 13.0. The smallest absolute Gasteiger partial charge is 0.228 e. The normalized spacial score (nSPS) is 25.3. The number of amides is 2. The van der Waals surface area contributed by atoms with Crippen LogP contribution < -0.4 is 10.6 Å². The highest BCUT2D eigenvalue weighted by Crippen LogP contribution is 2.33. The number of para-hydroxylation sites is 1. The summed E-state index contributed by atoms with van der Waals surface area (Å²) in [5.41, 5.74) is 8.13. The van der Waals surface area contributed by atoms with Gasteiger partial charge >= 0.3 is 0 Å². The number of halogens is 1. The molecule has 0 aliphatic carbocycles. The van der Waals surface area contributed by atoms with E-state index in [4.69, 9.17) is 17.3 Å². The molecule has 5 nitrogen and oxygen atoms in total. The maximum absolute atomic E-state index is 13.0. The van der Waals surface area contributed by atoms with Crippen LogP contribution in [0.15, 0.2) is 54.6 Å². The van der Waals surface area contributed by atoms with E-state index in [1.54, 1.807) is 11.0 Å². The second-order valence-electron chi connectivity index (χ2n) is 7.28. The highest BCUT2D eigenvalue weighted by Gasteiger charge is 2.41. The molecule has 6 heteroatoms. The number of anilines is 1. The van der Waals surface area contributed by atoms with Gasteiger partial charge in [0.1, 0.15) is 0 Å². The van der Waals surface area contributed by atoms with Crippen LogP contribution >= 0.6 is 11.6 Å². The Morgan fingerprint density at radius 3 is 2.44 bits per heavy atom. The molecule has 2 heterocycles. The predicted octanol–water partition coefficient (Wildman–Crippen LogP) is 2.65. The summed E-state index contributed by atoms with van der Waals surface area (Å²) in [5, 5.41) is 0.520. The molecule has 27 heavy (non-hydrogen) atoms. The van der Waals surface area contributed by atoms with Crippen molar-refractivity contribution in [3.05, 3.63) is 65.2 Å². The summed E-state index contributed by atoms with van der Waals surface area (Å²) in [6.07, 6.45) is 0.214. The third kappa shape index (κ3) is 3.45. The molecule has 0 bridgehead atoms. The first-order valence-electron chi connectivity index (χ1n) is 9.19. The zero-order valence-corrected chi connectivity index (χ0v) is 15.7. The highest BCUT2D eigenvalue weighted by atomic mass is 35.5. The fourth-order valence-electron chi connectivity index (χ4n) is 4.10. The molecule has 0 aromatic heterocycles. The van der Waals surface area contributed by atoms with Gasteiger partial charge in [0.2, 0.25) is 11.8 Å². The minimum absolute atomic E-state index is 0.00628. The van der Waals surface area contributed by atoms with E-state index in [-0.39, 0.29) is 36.1 Å². The van der Waals surface area contributed by atoms with Crippen LogP contribution in [0, 0.1) is 5.92 Å². The molecule has 2 aliphatic rings. The van der Waals surface area contributed by atoms with E-state index in [9.17, 15) is 9.59 Å². The number of likely N-dealkylation sites (tertiary alicyclic amines) is 1. The van der Waals surface area contributed by atoms with Crippen molar-refractivity contribution in [1.82, 2.24) is 4.90 Å². The summed E-state index contributed by atoms with van der Waals surface area (Å²) in [5.74, 6) is -0.279. The molecule has 2 fully saturated rings. The Kier molecular flexibility index (Phi) is 4.89. The Bertz CT molecular complexity index is 858. The van der Waals surface area contributed by atoms with Crippen LogP contribution in [-0.4, -0.2) is 42.4 Å². The van der Waals surface area contributed by atoms with Crippen molar-refractivity contribution in [2.45, 2.75) is 18.4 Å². The minimum atomic E-state index is -0.351. The standard InChI is InChI=1S/C21H22ClN3O2/c22-17-8-4-5-9-19(17)25-11-15(10-20(25)26)21(27)24-12-16(18(23)13-24)14-6-2-1-3-7-14/h1-9,15-16,18H,10-13,23H2/t15?,16-,18+/m0/s1. The van der Waals surface area contributed by atoms with Crippen LogP contribution in [0.1, 0.15) is 17.9 Å². The zero-order valence-electron chi connectivity index (χ0n) is 14.9. The van der Waals surface area contributed by atoms with Gasteiger partial charge in [0.05, 0.1) is 16.6 Å². The Labute approximate surface area is 163 Å². The molecule has 3 atom stereocenters. The molecule has 140 valence electrons. The lowest BCUT2D eigenvalue weighted by Gasteiger charge is -2.21. The first-order valence-corrected chi connectivity index (χ1v) is 9.56. The van der Waals surface area contributed by atoms with Crippen LogP contribution in [0.5, 0.6) is 0 Å². The van der Waals surface area contributed by atoms with Gasteiger partial charge < -0.3 is 15.5 Å². The molecule has 0 spiro atoms. The molecular formula is C21H22ClN3O2. The van der Waals surface area contributed by atoms with Gasteiger partial charge in [-0.2, -0.15) is 0 Å². The summed E-state index contributed by atoms with van der Waals surface area (Å²) in [6, 6.07) is 17.2. The number of hydrogen-bond donors (Lipinski definition) is 1. The van der Waals surface area contributed by atoms with Crippen molar-refractivity contribution < 1.29 is 9.59 Å². The third-order valence-corrected chi connectivity index (χ3v) is 5.84. The topological polar surface area (TPSA) is 66.6 Å². The van der Waals surface area contributed by atoms with Crippen LogP contribution in [0.3, 0.4) is 0 Å². The minimum Gasteiger partial charge on any atom is -0.340 e. The van der Waals surface area contributed by atoms with Gasteiger partial charge in [-0.05, 0) is 17.7 Å². The second kappa shape index (κ2) is 7.33. The van der Waals surface area contributed by atoms with E-state index < -0.39 is 0 Å². The molecule has 2 saturated heterocycles. The predicted molar refractivity (Wildman–Crippen MR) is 106 cm³/mol. The van der Waals surface area contributed by atoms with Crippen LogP contribution in [0.25, 0.3) is 0 Å². The van der Waals surface area contributed by atoms with Gasteiger partial charge in [-0.15, -0.1) is 0 Å². The van der Waals surface area contributed by atoms with E-state index in [2.05, 4.69) is 12.1 Å². The molecular weight excluding hydrogens is 362 g/mol. The number of rotatable bonds is 3. The maximum Gasteiger partial charge on any atom is 0.228 e. The molecule has 2 amide bonds. The maximum atomic E-state index is 13.0. The molecule has 2 aromatic carbocycles. The van der Waals surface area contributed by atoms with E-state index >= 15 is 0 Å². The van der Waals surface area contributed by atoms with Crippen molar-refractivity contribution >= 4 is 29.1 Å². The monoisotopic (exact) mass is 383 g/mol. The van der Waals surface area contributed by atoms with Crippen molar-refractivity contribution in [2.75, 3.05) is 24.5 Å². The zero-order chi connectivity index (χ0) is 19.0. The summed E-state index contributed by atoms with van der Waals surface area (Å²) < 4.78 is 0. The Morgan fingerprint density at radius 1 is 1.00 bits per heavy atom. The van der Waals surface area contributed by atoms with Crippen molar-refractivity contribution in [3.8, 4) is 0 Å². The quantitative estimate of drug-likeness (QED) is 0.886. The van der Waals surface area contributed by atoms with Crippen LogP contribution in [-0.2, 0) is 9.59 Å². The Morgan fingerprint density at radius 2 is 1.70 bits per heavy atom. The second-order valence-corrected chi connectivity index (χ2v) is 7.69. The SMILES string of the molecule is N[C@@H]1CN(C(=O)C2CC(=O)N(c3ccccc3Cl)C2)C[C@H]1c1ccccc1. The number of nitrogens with zero attached hydrogens (tertiary/aromatic N) is 2. The summed E-state index contributed by atoms with van der Waals surface area (Å²) in [7, 11) is 0. The van der Waals surface area contributed by atoms with E-state index in [1.165, 1.54) is 0 Å². The summed E-state index contributed by atoms with van der Waals surface area (Å²) in [4.78, 5) is 29.0. The van der Waals surface area contributed by atoms with Gasteiger partial charge in [0.25, 0.3) is 0 Å². The van der Waals surface area contributed by atoms with Crippen LogP contribution in [0.2, 0.25) is 5.02 Å². The summed E-state index contributed by atoms with van der Waals surface area (Å²) in [6.45, 7) is 1.49. The first kappa shape index (κ1) is 18.0. The van der Waals surface area contributed by atoms with Crippen molar-refractivity contribution in [2.24, 2.45) is 11.7 Å². The molecule has 2 aliphatic heterocycles. The largest absolute Gasteiger partial charge is 0.340 e. The third-order valence-electron chi connectivity index (χ3n) is 5.52. The number of carbonyl (C=O) groups excluding carboxylic acids is 2.